The van der Waals surface area contributed by atoms with Crippen molar-refractivity contribution in [1.82, 2.24) is 5.32 Å². The van der Waals surface area contributed by atoms with E-state index in [2.05, 4.69) is 5.32 Å². The third-order valence-electron chi connectivity index (χ3n) is 3.81. The molecule has 1 atom stereocenters. The van der Waals surface area contributed by atoms with Crippen LogP contribution in [0.3, 0.4) is 0 Å². The Morgan fingerprint density at radius 1 is 1.25 bits per heavy atom. The molecule has 0 heterocycles. The highest BCUT2D eigenvalue weighted by atomic mass is 16.5. The lowest BCUT2D eigenvalue weighted by atomic mass is 10.0. The Hall–Kier alpha value is -1.84. The molecule has 0 unspecified atom stereocenters. The van der Waals surface area contributed by atoms with Gasteiger partial charge in [0.25, 0.3) is 0 Å². The van der Waals surface area contributed by atoms with E-state index < -0.39 is 6.04 Å². The summed E-state index contributed by atoms with van der Waals surface area (Å²) in [7, 11) is 1.35. The molecule has 1 fully saturated rings. The molecule has 1 saturated carbocycles. The molecule has 0 bridgehead atoms. The van der Waals surface area contributed by atoms with Crippen LogP contribution in [0.2, 0.25) is 0 Å². The minimum absolute atomic E-state index is 0.0196. The summed E-state index contributed by atoms with van der Waals surface area (Å²) in [5, 5.41) is 2.84. The van der Waals surface area contributed by atoms with Crippen LogP contribution >= 0.6 is 0 Å². The van der Waals surface area contributed by atoms with E-state index in [0.29, 0.717) is 6.42 Å². The average Bonchev–Trinajstić information content (AvgIpc) is 3.01. The summed E-state index contributed by atoms with van der Waals surface area (Å²) in [5.41, 5.74) is 1.01. The van der Waals surface area contributed by atoms with Crippen LogP contribution in [0.4, 0.5) is 0 Å². The zero-order valence-electron chi connectivity index (χ0n) is 11.8. The van der Waals surface area contributed by atoms with Crippen molar-refractivity contribution in [1.29, 1.82) is 0 Å². The summed E-state index contributed by atoms with van der Waals surface area (Å²) < 4.78 is 4.79. The molecule has 4 heteroatoms. The van der Waals surface area contributed by atoms with Gasteiger partial charge in [-0.2, -0.15) is 0 Å². The molecule has 1 aliphatic rings. The van der Waals surface area contributed by atoms with E-state index in [4.69, 9.17) is 4.74 Å². The number of nitrogens with one attached hydrogen (secondary N) is 1. The first-order chi connectivity index (χ1) is 9.70. The summed E-state index contributed by atoms with van der Waals surface area (Å²) >= 11 is 0. The second-order valence-corrected chi connectivity index (χ2v) is 5.26. The molecule has 2 rings (SSSR count). The molecule has 0 aliphatic heterocycles. The number of esters is 1. The highest BCUT2D eigenvalue weighted by molar-refractivity contribution is 5.86. The maximum Gasteiger partial charge on any atom is 0.328 e. The summed E-state index contributed by atoms with van der Waals surface area (Å²) in [4.78, 5) is 24.0. The van der Waals surface area contributed by atoms with Gasteiger partial charge in [0.15, 0.2) is 0 Å². The van der Waals surface area contributed by atoms with E-state index in [1.54, 1.807) is 0 Å². The molecule has 1 aliphatic carbocycles. The number of benzene rings is 1. The van der Waals surface area contributed by atoms with E-state index >= 15 is 0 Å². The summed E-state index contributed by atoms with van der Waals surface area (Å²) in [6.45, 7) is 0. The van der Waals surface area contributed by atoms with Crippen molar-refractivity contribution < 1.29 is 14.3 Å². The van der Waals surface area contributed by atoms with E-state index in [1.165, 1.54) is 7.11 Å². The Morgan fingerprint density at radius 3 is 2.50 bits per heavy atom. The van der Waals surface area contributed by atoms with Gasteiger partial charge in [0.05, 0.1) is 7.11 Å². The average molecular weight is 275 g/mol. The van der Waals surface area contributed by atoms with E-state index in [9.17, 15) is 9.59 Å². The zero-order chi connectivity index (χ0) is 14.4. The van der Waals surface area contributed by atoms with Gasteiger partial charge in [-0.1, -0.05) is 43.2 Å². The summed E-state index contributed by atoms with van der Waals surface area (Å²) in [5.74, 6) is -0.355. The van der Waals surface area contributed by atoms with Gasteiger partial charge in [-0.3, -0.25) is 4.79 Å². The largest absolute Gasteiger partial charge is 0.467 e. The number of amides is 1. The van der Waals surface area contributed by atoms with Gasteiger partial charge in [0.2, 0.25) is 5.91 Å². The van der Waals surface area contributed by atoms with Gasteiger partial charge in [-0.05, 0) is 18.4 Å². The van der Waals surface area contributed by atoms with Gasteiger partial charge in [0.1, 0.15) is 6.04 Å². The fraction of sp³-hybridized carbons (Fsp3) is 0.500. The fourth-order valence-corrected chi connectivity index (χ4v) is 2.66. The molecule has 0 saturated heterocycles. The van der Waals surface area contributed by atoms with Crippen LogP contribution in [0.15, 0.2) is 30.3 Å². The predicted molar refractivity (Wildman–Crippen MR) is 76.1 cm³/mol. The normalized spacial score (nSPS) is 16.6. The number of hydrogen-bond acceptors (Lipinski definition) is 3. The zero-order valence-corrected chi connectivity index (χ0v) is 11.8. The van der Waals surface area contributed by atoms with Crippen LogP contribution in [0.1, 0.15) is 31.2 Å². The van der Waals surface area contributed by atoms with Crippen LogP contribution in [0.25, 0.3) is 0 Å². The Balaban J connectivity index is 2.00. The van der Waals surface area contributed by atoms with Crippen molar-refractivity contribution in [3.05, 3.63) is 35.9 Å². The summed E-state index contributed by atoms with van der Waals surface area (Å²) in [6, 6.07) is 9.05. The molecule has 0 radical (unpaired) electrons. The molecule has 0 spiro atoms. The lowest BCUT2D eigenvalue weighted by Crippen LogP contribution is -2.45. The van der Waals surface area contributed by atoms with Gasteiger partial charge in [-0.25, -0.2) is 4.79 Å². The van der Waals surface area contributed by atoms with Crippen molar-refractivity contribution in [2.45, 2.75) is 38.1 Å². The van der Waals surface area contributed by atoms with Crippen molar-refractivity contribution in [3.63, 3.8) is 0 Å². The Labute approximate surface area is 119 Å². The molecule has 0 aromatic heterocycles. The molecule has 1 N–H and O–H groups in total. The smallest absolute Gasteiger partial charge is 0.328 e. The van der Waals surface area contributed by atoms with Gasteiger partial charge < -0.3 is 10.1 Å². The third-order valence-corrected chi connectivity index (χ3v) is 3.81. The standard InChI is InChI=1S/C16H21NO3/c1-20-16(19)14(11-12-7-3-2-4-8-12)17-15(18)13-9-5-6-10-13/h2-4,7-8,13-14H,5-6,9-11H2,1H3,(H,17,18)/t14-/m1/s1. The monoisotopic (exact) mass is 275 g/mol. The van der Waals surface area contributed by atoms with Gasteiger partial charge in [0, 0.05) is 12.3 Å². The highest BCUT2D eigenvalue weighted by Gasteiger charge is 2.28. The second-order valence-electron chi connectivity index (χ2n) is 5.26. The maximum absolute atomic E-state index is 12.1. The Bertz CT molecular complexity index is 452. The quantitative estimate of drug-likeness (QED) is 0.837. The minimum atomic E-state index is -0.601. The second kappa shape index (κ2) is 7.08. The molecule has 20 heavy (non-hydrogen) atoms. The molecule has 1 amide bonds. The number of hydrogen-bond donors (Lipinski definition) is 1. The van der Waals surface area contributed by atoms with E-state index in [-0.39, 0.29) is 17.8 Å². The first-order valence-corrected chi connectivity index (χ1v) is 7.13. The molecule has 1 aromatic carbocycles. The number of rotatable bonds is 5. The Morgan fingerprint density at radius 2 is 1.90 bits per heavy atom. The number of carbonyl (C=O) groups is 2. The van der Waals surface area contributed by atoms with Crippen molar-refractivity contribution in [2.75, 3.05) is 7.11 Å². The first kappa shape index (κ1) is 14.6. The van der Waals surface area contributed by atoms with Crippen LogP contribution in [-0.4, -0.2) is 25.0 Å². The van der Waals surface area contributed by atoms with E-state index in [0.717, 1.165) is 31.2 Å². The molecular weight excluding hydrogens is 254 g/mol. The first-order valence-electron chi connectivity index (χ1n) is 7.13. The summed E-state index contributed by atoms with van der Waals surface area (Å²) in [6.07, 6.45) is 4.50. The number of carbonyl (C=O) groups excluding carboxylic acids is 2. The molecule has 4 nitrogen and oxygen atoms in total. The third kappa shape index (κ3) is 3.83. The van der Waals surface area contributed by atoms with Crippen LogP contribution in [-0.2, 0) is 20.7 Å². The van der Waals surface area contributed by atoms with Crippen molar-refractivity contribution in [2.24, 2.45) is 5.92 Å². The predicted octanol–water partition coefficient (Wildman–Crippen LogP) is 2.08. The van der Waals surface area contributed by atoms with Crippen LogP contribution in [0, 0.1) is 5.92 Å². The highest BCUT2D eigenvalue weighted by Crippen LogP contribution is 2.24. The van der Waals surface area contributed by atoms with Crippen molar-refractivity contribution in [3.8, 4) is 0 Å². The lowest BCUT2D eigenvalue weighted by Gasteiger charge is -2.19. The molecular formula is C16H21NO3. The minimum Gasteiger partial charge on any atom is -0.467 e. The number of ether oxygens (including phenoxy) is 1. The van der Waals surface area contributed by atoms with E-state index in [1.807, 2.05) is 30.3 Å². The van der Waals surface area contributed by atoms with Crippen LogP contribution < -0.4 is 5.32 Å². The lowest BCUT2D eigenvalue weighted by molar-refractivity contribution is -0.145. The molecule has 1 aromatic rings. The topological polar surface area (TPSA) is 55.4 Å². The molecule has 108 valence electrons. The Kier molecular flexibility index (Phi) is 5.16. The fourth-order valence-electron chi connectivity index (χ4n) is 2.66. The SMILES string of the molecule is COC(=O)[C@@H](Cc1ccccc1)NC(=O)C1CCCC1. The van der Waals surface area contributed by atoms with Crippen LogP contribution in [0.5, 0.6) is 0 Å². The van der Waals surface area contributed by atoms with Crippen molar-refractivity contribution >= 4 is 11.9 Å². The van der Waals surface area contributed by atoms with Gasteiger partial charge >= 0.3 is 5.97 Å². The maximum atomic E-state index is 12.1. The number of methoxy groups -OCH3 is 1. The van der Waals surface area contributed by atoms with Gasteiger partial charge in [-0.15, -0.1) is 0 Å².